The van der Waals surface area contributed by atoms with E-state index < -0.39 is 0 Å². The van der Waals surface area contributed by atoms with Crippen molar-refractivity contribution < 1.29 is 9.59 Å². The van der Waals surface area contributed by atoms with Gasteiger partial charge in [-0.05, 0) is 38.7 Å². The number of aromatic nitrogens is 2. The Morgan fingerprint density at radius 1 is 1.22 bits per heavy atom. The van der Waals surface area contributed by atoms with Crippen LogP contribution in [0.4, 0.5) is 0 Å². The molecule has 3 heterocycles. The number of rotatable bonds is 3. The van der Waals surface area contributed by atoms with Gasteiger partial charge < -0.3 is 10.2 Å². The zero-order valence-corrected chi connectivity index (χ0v) is 15.9. The summed E-state index contributed by atoms with van der Waals surface area (Å²) in [5.74, 6) is 0.0533. The van der Waals surface area contributed by atoms with Gasteiger partial charge >= 0.3 is 0 Å². The van der Waals surface area contributed by atoms with Gasteiger partial charge in [0.15, 0.2) is 0 Å². The van der Waals surface area contributed by atoms with E-state index in [-0.39, 0.29) is 29.3 Å². The number of carbonyl (C=O) groups is 2. The number of carbonyl (C=O) groups excluding carboxylic acids is 2. The van der Waals surface area contributed by atoms with Gasteiger partial charge in [0, 0.05) is 30.9 Å². The molecule has 2 aromatic rings. The second-order valence-electron chi connectivity index (χ2n) is 8.03. The number of likely N-dealkylation sites (tertiary alicyclic amines) is 1. The average Bonchev–Trinajstić information content (AvgIpc) is 3.28. The summed E-state index contributed by atoms with van der Waals surface area (Å²) in [7, 11) is 0. The van der Waals surface area contributed by atoms with Crippen LogP contribution in [0.15, 0.2) is 42.7 Å². The largest absolute Gasteiger partial charge is 0.350 e. The van der Waals surface area contributed by atoms with Crippen LogP contribution < -0.4 is 5.32 Å². The lowest BCUT2D eigenvalue weighted by Gasteiger charge is -2.39. The number of benzene rings is 1. The van der Waals surface area contributed by atoms with E-state index in [0.29, 0.717) is 18.7 Å². The van der Waals surface area contributed by atoms with E-state index in [9.17, 15) is 9.59 Å². The van der Waals surface area contributed by atoms with Crippen LogP contribution in [-0.2, 0) is 4.79 Å². The molecule has 1 N–H and O–H groups in total. The Morgan fingerprint density at radius 3 is 2.56 bits per heavy atom. The van der Waals surface area contributed by atoms with E-state index in [0.717, 1.165) is 24.8 Å². The lowest BCUT2D eigenvalue weighted by molar-refractivity contribution is -0.121. The zero-order chi connectivity index (χ0) is 19.0. The van der Waals surface area contributed by atoms with E-state index in [1.165, 1.54) is 0 Å². The van der Waals surface area contributed by atoms with Crippen molar-refractivity contribution in [3.63, 3.8) is 0 Å². The van der Waals surface area contributed by atoms with Gasteiger partial charge in [0.05, 0.1) is 17.7 Å². The van der Waals surface area contributed by atoms with Crippen molar-refractivity contribution in [3.05, 3.63) is 53.9 Å². The Bertz CT molecular complexity index is 835. The van der Waals surface area contributed by atoms with Crippen LogP contribution in [0.2, 0.25) is 0 Å². The molecule has 2 amide bonds. The predicted molar refractivity (Wildman–Crippen MR) is 102 cm³/mol. The molecule has 1 aromatic heterocycles. The van der Waals surface area contributed by atoms with Crippen LogP contribution in [-0.4, -0.2) is 45.1 Å². The molecule has 0 saturated carbocycles. The minimum Gasteiger partial charge on any atom is -0.350 e. The Morgan fingerprint density at radius 2 is 1.93 bits per heavy atom. The summed E-state index contributed by atoms with van der Waals surface area (Å²) in [6.07, 6.45) is 5.87. The van der Waals surface area contributed by atoms with E-state index in [1.807, 2.05) is 55.3 Å². The molecule has 1 unspecified atom stereocenters. The van der Waals surface area contributed by atoms with Crippen molar-refractivity contribution in [2.75, 3.05) is 13.1 Å². The monoisotopic (exact) mass is 366 g/mol. The molecular formula is C21H26N4O2. The SMILES string of the molecule is CC(C)n1cc(C(=O)N2CCC3(CC2)CC(c2ccccc2)C(=O)N3)cn1. The molecule has 1 spiro atoms. The van der Waals surface area contributed by atoms with Crippen molar-refractivity contribution in [1.82, 2.24) is 20.0 Å². The molecule has 1 atom stereocenters. The molecule has 0 aliphatic carbocycles. The molecule has 2 fully saturated rings. The molecule has 2 aliphatic rings. The Kier molecular flexibility index (Phi) is 4.50. The summed E-state index contributed by atoms with van der Waals surface area (Å²) < 4.78 is 1.81. The van der Waals surface area contributed by atoms with Crippen molar-refractivity contribution in [1.29, 1.82) is 0 Å². The molecule has 2 saturated heterocycles. The third kappa shape index (κ3) is 3.36. The van der Waals surface area contributed by atoms with Crippen molar-refractivity contribution in [2.24, 2.45) is 0 Å². The lowest BCUT2D eigenvalue weighted by atomic mass is 9.82. The van der Waals surface area contributed by atoms with Crippen molar-refractivity contribution in [2.45, 2.75) is 50.6 Å². The third-order valence-electron chi connectivity index (χ3n) is 5.89. The van der Waals surface area contributed by atoms with Crippen LogP contribution >= 0.6 is 0 Å². The fourth-order valence-corrected chi connectivity index (χ4v) is 4.22. The minimum absolute atomic E-state index is 0.0284. The molecular weight excluding hydrogens is 340 g/mol. The molecule has 6 heteroatoms. The van der Waals surface area contributed by atoms with Crippen LogP contribution in [0, 0.1) is 0 Å². The van der Waals surface area contributed by atoms with Crippen LogP contribution in [0.1, 0.15) is 61.0 Å². The number of hydrogen-bond acceptors (Lipinski definition) is 3. The molecule has 6 nitrogen and oxygen atoms in total. The molecule has 27 heavy (non-hydrogen) atoms. The first kappa shape index (κ1) is 17.8. The summed E-state index contributed by atoms with van der Waals surface area (Å²) in [6, 6.07) is 10.2. The average molecular weight is 366 g/mol. The van der Waals surface area contributed by atoms with Gasteiger partial charge in [-0.3, -0.25) is 14.3 Å². The first-order valence-corrected chi connectivity index (χ1v) is 9.68. The molecule has 4 rings (SSSR count). The molecule has 0 bridgehead atoms. The van der Waals surface area contributed by atoms with Gasteiger partial charge in [-0.15, -0.1) is 0 Å². The summed E-state index contributed by atoms with van der Waals surface area (Å²) in [6.45, 7) is 5.40. The fourth-order valence-electron chi connectivity index (χ4n) is 4.22. The maximum atomic E-state index is 12.8. The van der Waals surface area contributed by atoms with Crippen molar-refractivity contribution in [3.8, 4) is 0 Å². The maximum Gasteiger partial charge on any atom is 0.257 e. The molecule has 1 aromatic carbocycles. The number of nitrogens with one attached hydrogen (secondary N) is 1. The van der Waals surface area contributed by atoms with Gasteiger partial charge in [-0.1, -0.05) is 30.3 Å². The molecule has 142 valence electrons. The molecule has 0 radical (unpaired) electrons. The Labute approximate surface area is 159 Å². The smallest absolute Gasteiger partial charge is 0.257 e. The topological polar surface area (TPSA) is 67.2 Å². The standard InChI is InChI=1S/C21H26N4O2/c1-15(2)25-14-17(13-22-25)20(27)24-10-8-21(9-11-24)12-18(19(26)23-21)16-6-4-3-5-7-16/h3-7,13-15,18H,8-12H2,1-2H3,(H,23,26). The van der Waals surface area contributed by atoms with E-state index in [2.05, 4.69) is 10.4 Å². The van der Waals surface area contributed by atoms with E-state index in [1.54, 1.807) is 10.9 Å². The van der Waals surface area contributed by atoms with Gasteiger partial charge in [0.2, 0.25) is 5.91 Å². The second kappa shape index (κ2) is 6.83. The van der Waals surface area contributed by atoms with E-state index >= 15 is 0 Å². The van der Waals surface area contributed by atoms with Crippen LogP contribution in [0.3, 0.4) is 0 Å². The van der Waals surface area contributed by atoms with Crippen LogP contribution in [0.5, 0.6) is 0 Å². The van der Waals surface area contributed by atoms with Gasteiger partial charge in [0.1, 0.15) is 0 Å². The van der Waals surface area contributed by atoms with Crippen LogP contribution in [0.25, 0.3) is 0 Å². The highest BCUT2D eigenvalue weighted by atomic mass is 16.2. The predicted octanol–water partition coefficient (Wildman–Crippen LogP) is 2.74. The Hall–Kier alpha value is -2.63. The fraction of sp³-hybridized carbons (Fsp3) is 0.476. The number of nitrogens with zero attached hydrogens (tertiary/aromatic N) is 3. The minimum atomic E-state index is -0.184. The quantitative estimate of drug-likeness (QED) is 0.908. The second-order valence-corrected chi connectivity index (χ2v) is 8.03. The number of piperidine rings is 1. The third-order valence-corrected chi connectivity index (χ3v) is 5.89. The summed E-state index contributed by atoms with van der Waals surface area (Å²) in [5.41, 5.74) is 1.53. The number of hydrogen-bond donors (Lipinski definition) is 1. The van der Waals surface area contributed by atoms with Gasteiger partial charge in [0.25, 0.3) is 5.91 Å². The summed E-state index contributed by atoms with van der Waals surface area (Å²) in [5, 5.41) is 7.51. The normalized spacial score (nSPS) is 21.7. The lowest BCUT2D eigenvalue weighted by Crippen LogP contribution is -2.52. The highest BCUT2D eigenvalue weighted by Crippen LogP contribution is 2.39. The van der Waals surface area contributed by atoms with Gasteiger partial charge in [-0.25, -0.2) is 0 Å². The first-order valence-electron chi connectivity index (χ1n) is 9.68. The maximum absolute atomic E-state index is 12.8. The highest BCUT2D eigenvalue weighted by molar-refractivity contribution is 5.94. The highest BCUT2D eigenvalue weighted by Gasteiger charge is 2.46. The number of amides is 2. The van der Waals surface area contributed by atoms with E-state index in [4.69, 9.17) is 0 Å². The molecule has 2 aliphatic heterocycles. The van der Waals surface area contributed by atoms with Crippen molar-refractivity contribution >= 4 is 11.8 Å². The first-order chi connectivity index (χ1) is 13.0. The zero-order valence-electron chi connectivity index (χ0n) is 15.9. The summed E-state index contributed by atoms with van der Waals surface area (Å²) >= 11 is 0. The van der Waals surface area contributed by atoms with Gasteiger partial charge in [-0.2, -0.15) is 5.10 Å². The summed E-state index contributed by atoms with van der Waals surface area (Å²) in [4.78, 5) is 27.2. The Balaban J connectivity index is 1.41.